The molecule has 7 nitrogen and oxygen atoms in total. The highest BCUT2D eigenvalue weighted by Gasteiger charge is 2.31. The average molecular weight is 439 g/mol. The van der Waals surface area contributed by atoms with E-state index in [9.17, 15) is 22.8 Å². The molecule has 11 heteroatoms. The van der Waals surface area contributed by atoms with E-state index in [-0.39, 0.29) is 11.5 Å². The maximum absolute atomic E-state index is 12.2. The van der Waals surface area contributed by atoms with E-state index in [0.29, 0.717) is 11.6 Å². The number of ether oxygens (including phenoxy) is 1. The number of anilines is 1. The van der Waals surface area contributed by atoms with Gasteiger partial charge in [-0.05, 0) is 36.8 Å². The minimum atomic E-state index is -4.74. The number of nitrogens with zero attached hydrogens (tertiary/aromatic N) is 1. The van der Waals surface area contributed by atoms with Gasteiger partial charge in [0.25, 0.3) is 5.91 Å². The summed E-state index contributed by atoms with van der Waals surface area (Å²) in [4.78, 5) is 29.1. The molecule has 2 amide bonds. The Bertz CT molecular complexity index is 1000. The van der Waals surface area contributed by atoms with Crippen LogP contribution in [0.3, 0.4) is 0 Å². The molecule has 0 fully saturated rings. The standard InChI is InChI=1S/C19H16F3N3O4S/c1-11(24-17(27)15-3-2-8-28-15)16(26)25-18-23-10-14(30-18)9-12-4-6-13(7-5-12)29-19(20,21)22/h2-8,10-11H,9H2,1H3,(H,24,27)(H,23,25,26)/t11-/m0/s1. The van der Waals surface area contributed by atoms with E-state index in [0.717, 1.165) is 10.4 Å². The first-order chi connectivity index (χ1) is 14.2. The lowest BCUT2D eigenvalue weighted by molar-refractivity contribution is -0.274. The SMILES string of the molecule is C[C@H](NC(=O)c1ccco1)C(=O)Nc1ncc(Cc2ccc(OC(F)(F)F)cc2)s1. The molecule has 1 aromatic carbocycles. The van der Waals surface area contributed by atoms with Crippen molar-refractivity contribution in [1.82, 2.24) is 10.3 Å². The molecule has 0 aliphatic heterocycles. The Labute approximate surface area is 172 Å². The predicted octanol–water partition coefficient (Wildman–Crippen LogP) is 3.98. The van der Waals surface area contributed by atoms with Crippen LogP contribution in [0.4, 0.5) is 18.3 Å². The number of rotatable bonds is 7. The molecular formula is C19H16F3N3O4S. The number of alkyl halides is 3. The van der Waals surface area contributed by atoms with Crippen LogP contribution in [0.2, 0.25) is 0 Å². The van der Waals surface area contributed by atoms with E-state index < -0.39 is 24.2 Å². The summed E-state index contributed by atoms with van der Waals surface area (Å²) in [6.07, 6.45) is -1.40. The van der Waals surface area contributed by atoms with Crippen LogP contribution in [0.5, 0.6) is 5.75 Å². The zero-order valence-corrected chi connectivity index (χ0v) is 16.3. The third-order valence-electron chi connectivity index (χ3n) is 3.80. The summed E-state index contributed by atoms with van der Waals surface area (Å²) in [6.45, 7) is 1.52. The molecule has 3 aromatic rings. The molecule has 0 saturated heterocycles. The second-order valence-corrected chi connectivity index (χ2v) is 7.28. The molecule has 30 heavy (non-hydrogen) atoms. The number of carbonyl (C=O) groups is 2. The number of thiazole rings is 1. The number of furan rings is 1. The first-order valence-corrected chi connectivity index (χ1v) is 9.46. The van der Waals surface area contributed by atoms with Crippen molar-refractivity contribution < 1.29 is 31.9 Å². The molecule has 3 rings (SSSR count). The topological polar surface area (TPSA) is 93.5 Å². The smallest absolute Gasteiger partial charge is 0.459 e. The van der Waals surface area contributed by atoms with Crippen molar-refractivity contribution in [2.45, 2.75) is 25.7 Å². The van der Waals surface area contributed by atoms with Gasteiger partial charge in [0.05, 0.1) is 6.26 Å². The van der Waals surface area contributed by atoms with Crippen LogP contribution in [0, 0.1) is 0 Å². The van der Waals surface area contributed by atoms with E-state index in [2.05, 4.69) is 20.4 Å². The highest BCUT2D eigenvalue weighted by Crippen LogP contribution is 2.25. The number of halogens is 3. The Balaban J connectivity index is 1.53. The summed E-state index contributed by atoms with van der Waals surface area (Å²) >= 11 is 1.22. The molecular weight excluding hydrogens is 423 g/mol. The van der Waals surface area contributed by atoms with Crippen LogP contribution in [-0.4, -0.2) is 29.2 Å². The maximum Gasteiger partial charge on any atom is 0.573 e. The molecule has 0 unspecified atom stereocenters. The van der Waals surface area contributed by atoms with Crippen molar-refractivity contribution in [2.24, 2.45) is 0 Å². The summed E-state index contributed by atoms with van der Waals surface area (Å²) in [5, 5.41) is 5.46. The van der Waals surface area contributed by atoms with Crippen LogP contribution in [0.15, 0.2) is 53.3 Å². The van der Waals surface area contributed by atoms with Crippen molar-refractivity contribution in [3.8, 4) is 5.75 Å². The quantitative estimate of drug-likeness (QED) is 0.581. The summed E-state index contributed by atoms with van der Waals surface area (Å²) in [5.41, 5.74) is 0.755. The average Bonchev–Trinajstić information content (AvgIpc) is 3.34. The molecule has 0 bridgehead atoms. The number of amides is 2. The van der Waals surface area contributed by atoms with Crippen molar-refractivity contribution in [3.05, 3.63) is 65.1 Å². The van der Waals surface area contributed by atoms with Gasteiger partial charge in [-0.3, -0.25) is 9.59 Å². The van der Waals surface area contributed by atoms with Gasteiger partial charge in [0.1, 0.15) is 11.8 Å². The molecule has 0 saturated carbocycles. The Morgan fingerprint density at radius 3 is 2.60 bits per heavy atom. The lowest BCUT2D eigenvalue weighted by Gasteiger charge is -2.11. The number of hydrogen-bond donors (Lipinski definition) is 2. The second kappa shape index (κ2) is 8.99. The van der Waals surface area contributed by atoms with E-state index in [1.54, 1.807) is 12.3 Å². The van der Waals surface area contributed by atoms with Crippen LogP contribution < -0.4 is 15.4 Å². The maximum atomic E-state index is 12.2. The van der Waals surface area contributed by atoms with Gasteiger partial charge in [-0.2, -0.15) is 0 Å². The number of nitrogens with one attached hydrogen (secondary N) is 2. The Morgan fingerprint density at radius 2 is 1.97 bits per heavy atom. The van der Waals surface area contributed by atoms with Gasteiger partial charge in [0, 0.05) is 17.5 Å². The molecule has 0 aliphatic carbocycles. The zero-order valence-electron chi connectivity index (χ0n) is 15.5. The lowest BCUT2D eigenvalue weighted by Crippen LogP contribution is -2.41. The third-order valence-corrected chi connectivity index (χ3v) is 4.72. The minimum Gasteiger partial charge on any atom is -0.459 e. The first kappa shape index (κ1) is 21.4. The highest BCUT2D eigenvalue weighted by molar-refractivity contribution is 7.15. The first-order valence-electron chi connectivity index (χ1n) is 8.64. The fraction of sp³-hybridized carbons (Fsp3) is 0.211. The molecule has 158 valence electrons. The fourth-order valence-electron chi connectivity index (χ4n) is 2.41. The zero-order chi connectivity index (χ0) is 21.7. The molecule has 2 heterocycles. The van der Waals surface area contributed by atoms with Crippen molar-refractivity contribution >= 4 is 28.3 Å². The van der Waals surface area contributed by atoms with Crippen molar-refractivity contribution in [2.75, 3.05) is 5.32 Å². The van der Waals surface area contributed by atoms with Crippen LogP contribution in [0.25, 0.3) is 0 Å². The Kier molecular flexibility index (Phi) is 6.40. The Hall–Kier alpha value is -3.34. The predicted molar refractivity (Wildman–Crippen MR) is 102 cm³/mol. The van der Waals surface area contributed by atoms with Crippen LogP contribution in [-0.2, 0) is 11.2 Å². The lowest BCUT2D eigenvalue weighted by atomic mass is 10.1. The molecule has 2 aromatic heterocycles. The van der Waals surface area contributed by atoms with Crippen LogP contribution >= 0.6 is 11.3 Å². The van der Waals surface area contributed by atoms with E-state index in [1.807, 2.05) is 0 Å². The number of aromatic nitrogens is 1. The third kappa shape index (κ3) is 6.08. The van der Waals surface area contributed by atoms with E-state index >= 15 is 0 Å². The molecule has 0 radical (unpaired) electrons. The molecule has 2 N–H and O–H groups in total. The summed E-state index contributed by atoms with van der Waals surface area (Å²) in [7, 11) is 0. The molecule has 0 aliphatic rings. The van der Waals surface area contributed by atoms with E-state index in [1.165, 1.54) is 54.9 Å². The van der Waals surface area contributed by atoms with E-state index in [4.69, 9.17) is 4.42 Å². The molecule has 0 spiro atoms. The van der Waals surface area contributed by atoms with Gasteiger partial charge in [-0.25, -0.2) is 4.98 Å². The van der Waals surface area contributed by atoms with Gasteiger partial charge < -0.3 is 19.8 Å². The van der Waals surface area contributed by atoms with Gasteiger partial charge in [-0.15, -0.1) is 24.5 Å². The van der Waals surface area contributed by atoms with Gasteiger partial charge in [-0.1, -0.05) is 12.1 Å². The van der Waals surface area contributed by atoms with Crippen molar-refractivity contribution in [1.29, 1.82) is 0 Å². The summed E-state index contributed by atoms with van der Waals surface area (Å²) in [5.74, 6) is -1.17. The van der Waals surface area contributed by atoms with Crippen LogP contribution in [0.1, 0.15) is 27.9 Å². The summed E-state index contributed by atoms with van der Waals surface area (Å²) in [6, 6.07) is 7.72. The monoisotopic (exact) mass is 439 g/mol. The number of benzene rings is 1. The van der Waals surface area contributed by atoms with Crippen molar-refractivity contribution in [3.63, 3.8) is 0 Å². The normalized spacial score (nSPS) is 12.3. The van der Waals surface area contributed by atoms with Gasteiger partial charge in [0.2, 0.25) is 5.91 Å². The molecule has 1 atom stereocenters. The largest absolute Gasteiger partial charge is 0.573 e. The van der Waals surface area contributed by atoms with Gasteiger partial charge in [0.15, 0.2) is 10.9 Å². The second-order valence-electron chi connectivity index (χ2n) is 6.16. The number of carbonyl (C=O) groups excluding carboxylic acids is 2. The minimum absolute atomic E-state index is 0.0952. The van der Waals surface area contributed by atoms with Gasteiger partial charge >= 0.3 is 6.36 Å². The highest BCUT2D eigenvalue weighted by atomic mass is 32.1. The number of hydrogen-bond acceptors (Lipinski definition) is 6. The fourth-order valence-corrected chi connectivity index (χ4v) is 3.26. The Morgan fingerprint density at radius 1 is 1.23 bits per heavy atom. The summed E-state index contributed by atoms with van der Waals surface area (Å²) < 4.78 is 45.4.